The molecule has 0 atom stereocenters. The fourth-order valence-electron chi connectivity index (χ4n) is 3.13. The van der Waals surface area contributed by atoms with Crippen LogP contribution < -0.4 is 0 Å². The Balaban J connectivity index is 0.000000162. The van der Waals surface area contributed by atoms with Gasteiger partial charge in [0.25, 0.3) is 0 Å². The number of hydrogen-bond donors (Lipinski definition) is 0. The van der Waals surface area contributed by atoms with E-state index in [1.807, 2.05) is 0 Å². The van der Waals surface area contributed by atoms with E-state index in [2.05, 4.69) is 73.5 Å². The molecule has 0 unspecified atom stereocenters. The SMILES string of the molecule is BCC(c1ccccc1)c1ccccc1.Fc1ccc(-n2ccnc2)c(Cl)c1. The Bertz CT molecular complexity index is 937. The second kappa shape index (κ2) is 9.91. The summed E-state index contributed by atoms with van der Waals surface area (Å²) in [6, 6.07) is 25.7. The molecule has 0 N–H and O–H groups in total. The van der Waals surface area contributed by atoms with E-state index in [1.165, 1.54) is 23.3 Å². The quantitative estimate of drug-likeness (QED) is 0.419. The average molecular weight is 391 g/mol. The Labute approximate surface area is 171 Å². The monoisotopic (exact) mass is 390 g/mol. The van der Waals surface area contributed by atoms with Crippen molar-refractivity contribution in [2.24, 2.45) is 0 Å². The van der Waals surface area contributed by atoms with Crippen LogP contribution in [0.3, 0.4) is 0 Å². The van der Waals surface area contributed by atoms with Gasteiger partial charge in [0.1, 0.15) is 13.7 Å². The van der Waals surface area contributed by atoms with Crippen LogP contribution in [0.15, 0.2) is 97.6 Å². The van der Waals surface area contributed by atoms with Crippen molar-refractivity contribution in [2.75, 3.05) is 0 Å². The van der Waals surface area contributed by atoms with Crippen molar-refractivity contribution in [3.05, 3.63) is 120 Å². The molecule has 0 fully saturated rings. The molecule has 0 bridgehead atoms. The summed E-state index contributed by atoms with van der Waals surface area (Å²) in [7, 11) is 2.24. The largest absolute Gasteiger partial charge is 0.305 e. The molecule has 0 spiro atoms. The van der Waals surface area contributed by atoms with Crippen molar-refractivity contribution < 1.29 is 4.39 Å². The summed E-state index contributed by atoms with van der Waals surface area (Å²) in [6.07, 6.45) is 6.14. The minimum atomic E-state index is -0.339. The van der Waals surface area contributed by atoms with Gasteiger partial charge in [-0.05, 0) is 29.3 Å². The van der Waals surface area contributed by atoms with Crippen LogP contribution in [0.4, 0.5) is 4.39 Å². The highest BCUT2D eigenvalue weighted by Crippen LogP contribution is 2.26. The minimum Gasteiger partial charge on any atom is -0.305 e. The van der Waals surface area contributed by atoms with Gasteiger partial charge in [0.15, 0.2) is 0 Å². The molecule has 1 aromatic heterocycles. The third kappa shape index (κ3) is 5.11. The van der Waals surface area contributed by atoms with E-state index in [1.54, 1.807) is 29.4 Å². The Kier molecular flexibility index (Phi) is 7.04. The molecule has 1 heterocycles. The highest BCUT2D eigenvalue weighted by Gasteiger charge is 2.10. The van der Waals surface area contributed by atoms with Gasteiger partial charge >= 0.3 is 0 Å². The van der Waals surface area contributed by atoms with Crippen LogP contribution in [0.5, 0.6) is 0 Å². The summed E-state index contributed by atoms with van der Waals surface area (Å²) in [5.41, 5.74) is 3.54. The van der Waals surface area contributed by atoms with Gasteiger partial charge in [0, 0.05) is 18.3 Å². The van der Waals surface area contributed by atoms with Gasteiger partial charge in [0.2, 0.25) is 0 Å². The van der Waals surface area contributed by atoms with Crippen LogP contribution in [-0.4, -0.2) is 17.4 Å². The fraction of sp³-hybridized carbons (Fsp3) is 0.0870. The van der Waals surface area contributed by atoms with Gasteiger partial charge in [0.05, 0.1) is 17.0 Å². The molecule has 0 saturated carbocycles. The Morgan fingerprint density at radius 1 is 0.929 bits per heavy atom. The van der Waals surface area contributed by atoms with Crippen LogP contribution in [0.2, 0.25) is 11.3 Å². The van der Waals surface area contributed by atoms with E-state index in [-0.39, 0.29) is 5.82 Å². The fourth-order valence-corrected chi connectivity index (χ4v) is 3.39. The maximum atomic E-state index is 12.7. The number of benzene rings is 3. The molecule has 0 aliphatic rings. The second-order valence-corrected chi connectivity index (χ2v) is 6.76. The first-order chi connectivity index (χ1) is 13.7. The van der Waals surface area contributed by atoms with E-state index in [0.717, 1.165) is 12.0 Å². The summed E-state index contributed by atoms with van der Waals surface area (Å²) >= 11 is 5.83. The highest BCUT2D eigenvalue weighted by atomic mass is 35.5. The molecule has 0 radical (unpaired) electrons. The van der Waals surface area contributed by atoms with E-state index in [9.17, 15) is 4.39 Å². The highest BCUT2D eigenvalue weighted by molar-refractivity contribution is 6.32. The second-order valence-electron chi connectivity index (χ2n) is 6.35. The van der Waals surface area contributed by atoms with Gasteiger partial charge in [-0.2, -0.15) is 0 Å². The molecular weight excluding hydrogens is 370 g/mol. The molecule has 140 valence electrons. The summed E-state index contributed by atoms with van der Waals surface area (Å²) in [6.45, 7) is 0. The number of rotatable bonds is 4. The number of halogens is 2. The van der Waals surface area contributed by atoms with Crippen LogP contribution >= 0.6 is 11.6 Å². The van der Waals surface area contributed by atoms with Gasteiger partial charge in [-0.1, -0.05) is 78.6 Å². The number of imidazole rings is 1. The van der Waals surface area contributed by atoms with Gasteiger partial charge in [-0.3, -0.25) is 0 Å². The first-order valence-corrected chi connectivity index (χ1v) is 9.60. The van der Waals surface area contributed by atoms with Crippen LogP contribution in [0.1, 0.15) is 17.0 Å². The van der Waals surface area contributed by atoms with Crippen molar-refractivity contribution in [3.8, 4) is 5.69 Å². The molecule has 0 saturated heterocycles. The molecular formula is C23H21BClFN2. The van der Waals surface area contributed by atoms with Crippen molar-refractivity contribution in [2.45, 2.75) is 12.2 Å². The molecule has 28 heavy (non-hydrogen) atoms. The smallest absolute Gasteiger partial charge is 0.124 e. The lowest BCUT2D eigenvalue weighted by Crippen LogP contribution is -1.99. The maximum absolute atomic E-state index is 12.7. The lowest BCUT2D eigenvalue weighted by Gasteiger charge is -2.15. The normalized spacial score (nSPS) is 10.4. The third-order valence-electron chi connectivity index (χ3n) is 4.50. The zero-order chi connectivity index (χ0) is 19.8. The van der Waals surface area contributed by atoms with Crippen molar-refractivity contribution in [1.29, 1.82) is 0 Å². The number of hydrogen-bond acceptors (Lipinski definition) is 1. The predicted octanol–water partition coefficient (Wildman–Crippen LogP) is 5.53. The summed E-state index contributed by atoms with van der Waals surface area (Å²) in [5.74, 6) is 0.196. The Morgan fingerprint density at radius 3 is 2.00 bits per heavy atom. The zero-order valence-corrected chi connectivity index (χ0v) is 16.4. The molecule has 0 aliphatic heterocycles. The van der Waals surface area contributed by atoms with Gasteiger partial charge < -0.3 is 4.57 Å². The predicted molar refractivity (Wildman–Crippen MR) is 117 cm³/mol. The first-order valence-electron chi connectivity index (χ1n) is 9.22. The number of nitrogens with zero attached hydrogens (tertiary/aromatic N) is 2. The standard InChI is InChI=1S/C14H15B.C9H6ClFN2/c15-11-14(12-7-3-1-4-8-12)13-9-5-2-6-10-13;10-8-5-7(11)1-2-9(8)13-4-3-12-6-13/h1-10,14H,11,15H2;1-6H. The van der Waals surface area contributed by atoms with Crippen molar-refractivity contribution in [3.63, 3.8) is 0 Å². The van der Waals surface area contributed by atoms with Crippen LogP contribution in [0.25, 0.3) is 5.69 Å². The average Bonchev–Trinajstić information content (AvgIpc) is 3.25. The van der Waals surface area contributed by atoms with E-state index >= 15 is 0 Å². The molecule has 3 aromatic carbocycles. The van der Waals surface area contributed by atoms with Gasteiger partial charge in [-0.15, -0.1) is 0 Å². The minimum absolute atomic E-state index is 0.339. The third-order valence-corrected chi connectivity index (χ3v) is 4.81. The van der Waals surface area contributed by atoms with E-state index in [4.69, 9.17) is 11.6 Å². The summed E-state index contributed by atoms with van der Waals surface area (Å²) < 4.78 is 14.4. The molecule has 0 aliphatic carbocycles. The summed E-state index contributed by atoms with van der Waals surface area (Å²) in [5, 5.41) is 0.373. The van der Waals surface area contributed by atoms with Crippen molar-refractivity contribution in [1.82, 2.24) is 9.55 Å². The lowest BCUT2D eigenvalue weighted by atomic mass is 9.81. The molecule has 4 aromatic rings. The zero-order valence-electron chi connectivity index (χ0n) is 15.7. The topological polar surface area (TPSA) is 17.8 Å². The summed E-state index contributed by atoms with van der Waals surface area (Å²) in [4.78, 5) is 3.87. The van der Waals surface area contributed by atoms with Crippen LogP contribution in [0, 0.1) is 5.82 Å². The van der Waals surface area contributed by atoms with E-state index in [0.29, 0.717) is 10.9 Å². The first kappa shape index (κ1) is 19.9. The lowest BCUT2D eigenvalue weighted by molar-refractivity contribution is 0.627. The Hall–Kier alpha value is -2.85. The van der Waals surface area contributed by atoms with Crippen molar-refractivity contribution >= 4 is 19.4 Å². The molecule has 4 rings (SSSR count). The van der Waals surface area contributed by atoms with Crippen LogP contribution in [-0.2, 0) is 0 Å². The molecule has 2 nitrogen and oxygen atoms in total. The van der Waals surface area contributed by atoms with E-state index < -0.39 is 0 Å². The molecule has 5 heteroatoms. The number of aromatic nitrogens is 2. The van der Waals surface area contributed by atoms with Gasteiger partial charge in [-0.25, -0.2) is 9.37 Å². The molecule has 0 amide bonds. The maximum Gasteiger partial charge on any atom is 0.124 e. The Morgan fingerprint density at radius 2 is 1.54 bits per heavy atom.